The molecule has 1 aromatic heterocycles. The Hall–Kier alpha value is -1.36. The molecular weight excluding hydrogens is 230 g/mol. The Balaban J connectivity index is 2.73. The number of nitrogens with zero attached hydrogens (tertiary/aromatic N) is 2. The maximum atomic E-state index is 11.4. The molecule has 0 saturated carbocycles. The number of aromatic nitrogens is 2. The Bertz CT molecular complexity index is 383. The second-order valence-electron chi connectivity index (χ2n) is 4.53. The molecule has 1 aromatic rings. The topological polar surface area (TPSA) is 67.2 Å². The molecule has 0 atom stereocenters. The second-order valence-corrected chi connectivity index (χ2v) is 4.53. The largest absolute Gasteiger partial charge is 0.480 e. The first-order valence-corrected chi connectivity index (χ1v) is 6.57. The summed E-state index contributed by atoms with van der Waals surface area (Å²) >= 11 is 0. The summed E-state index contributed by atoms with van der Waals surface area (Å²) < 4.78 is 2.06. The first-order valence-electron chi connectivity index (χ1n) is 6.57. The number of hydrogen-bond donors (Lipinski definition) is 2. The van der Waals surface area contributed by atoms with Crippen LogP contribution in [-0.4, -0.2) is 26.2 Å². The zero-order valence-electron chi connectivity index (χ0n) is 11.4. The van der Waals surface area contributed by atoms with E-state index in [0.29, 0.717) is 19.4 Å². The molecule has 0 saturated heterocycles. The molecule has 102 valence electrons. The van der Waals surface area contributed by atoms with Crippen LogP contribution in [0.1, 0.15) is 45.7 Å². The van der Waals surface area contributed by atoms with Crippen LogP contribution in [0.2, 0.25) is 0 Å². The lowest BCUT2D eigenvalue weighted by Gasteiger charge is -2.28. The van der Waals surface area contributed by atoms with E-state index in [2.05, 4.69) is 21.8 Å². The molecule has 0 amide bonds. The van der Waals surface area contributed by atoms with Gasteiger partial charge in [0.15, 0.2) is 0 Å². The van der Waals surface area contributed by atoms with E-state index in [-0.39, 0.29) is 0 Å². The van der Waals surface area contributed by atoms with Gasteiger partial charge in [-0.2, -0.15) is 0 Å². The summed E-state index contributed by atoms with van der Waals surface area (Å²) in [5.41, 5.74) is 0.200. The lowest BCUT2D eigenvalue weighted by molar-refractivity contribution is -0.145. The van der Waals surface area contributed by atoms with Crippen LogP contribution in [0.25, 0.3) is 0 Å². The van der Waals surface area contributed by atoms with E-state index >= 15 is 0 Å². The van der Waals surface area contributed by atoms with Crippen LogP contribution in [0.15, 0.2) is 12.5 Å². The highest BCUT2D eigenvalue weighted by Gasteiger charge is 2.34. The summed E-state index contributed by atoms with van der Waals surface area (Å²) in [6.45, 7) is 7.35. The smallest absolute Gasteiger partial charge is 0.323 e. The van der Waals surface area contributed by atoms with E-state index in [9.17, 15) is 9.90 Å². The van der Waals surface area contributed by atoms with Gasteiger partial charge < -0.3 is 9.67 Å². The Morgan fingerprint density at radius 3 is 2.61 bits per heavy atom. The van der Waals surface area contributed by atoms with Gasteiger partial charge in [-0.15, -0.1) is 0 Å². The zero-order chi connectivity index (χ0) is 13.6. The normalized spacial score (nSPS) is 11.7. The Morgan fingerprint density at radius 2 is 2.11 bits per heavy atom. The molecule has 2 N–H and O–H groups in total. The van der Waals surface area contributed by atoms with Crippen molar-refractivity contribution in [3.8, 4) is 0 Å². The number of rotatable bonds is 8. The molecule has 5 nitrogen and oxygen atoms in total. The summed E-state index contributed by atoms with van der Waals surface area (Å²) in [6, 6.07) is 0. The van der Waals surface area contributed by atoms with E-state index in [1.165, 1.54) is 0 Å². The summed E-state index contributed by atoms with van der Waals surface area (Å²) in [5, 5.41) is 12.5. The van der Waals surface area contributed by atoms with Crippen molar-refractivity contribution in [1.29, 1.82) is 0 Å². The van der Waals surface area contributed by atoms with Crippen LogP contribution in [-0.2, 0) is 17.9 Å². The number of nitrogens with one attached hydrogen (secondary N) is 1. The average molecular weight is 253 g/mol. The predicted molar refractivity (Wildman–Crippen MR) is 70.3 cm³/mol. The van der Waals surface area contributed by atoms with Gasteiger partial charge in [-0.1, -0.05) is 20.8 Å². The molecule has 0 fully saturated rings. The van der Waals surface area contributed by atoms with Crippen LogP contribution in [0.3, 0.4) is 0 Å². The predicted octanol–water partition coefficient (Wildman–Crippen LogP) is 2.03. The minimum absolute atomic E-state index is 0.536. The summed E-state index contributed by atoms with van der Waals surface area (Å²) in [4.78, 5) is 15.5. The Kier molecular flexibility index (Phi) is 5.34. The first-order chi connectivity index (χ1) is 8.59. The minimum Gasteiger partial charge on any atom is -0.480 e. The SMILES string of the molecule is CCCn1cncc1CNC(CC)(CC)C(=O)O. The first kappa shape index (κ1) is 14.7. The van der Waals surface area contributed by atoms with Crippen molar-refractivity contribution >= 4 is 5.97 Å². The van der Waals surface area contributed by atoms with E-state index in [0.717, 1.165) is 18.7 Å². The van der Waals surface area contributed by atoms with Crippen molar-refractivity contribution in [2.75, 3.05) is 0 Å². The van der Waals surface area contributed by atoms with Gasteiger partial charge in [-0.25, -0.2) is 4.98 Å². The van der Waals surface area contributed by atoms with E-state index in [1.54, 1.807) is 12.5 Å². The molecule has 0 aliphatic carbocycles. The Labute approximate surface area is 108 Å². The number of imidazole rings is 1. The van der Waals surface area contributed by atoms with Crippen molar-refractivity contribution in [3.63, 3.8) is 0 Å². The molecule has 1 rings (SSSR count). The molecule has 0 aliphatic heterocycles. The van der Waals surface area contributed by atoms with E-state index in [4.69, 9.17) is 0 Å². The van der Waals surface area contributed by atoms with Gasteiger partial charge in [0.1, 0.15) is 5.54 Å². The number of carboxylic acid groups (broad SMARTS) is 1. The number of aryl methyl sites for hydroxylation is 1. The third-order valence-electron chi connectivity index (χ3n) is 3.49. The lowest BCUT2D eigenvalue weighted by atomic mass is 9.93. The molecule has 0 aromatic carbocycles. The summed E-state index contributed by atoms with van der Waals surface area (Å²) in [7, 11) is 0. The van der Waals surface area contributed by atoms with Gasteiger partial charge in [0.25, 0.3) is 0 Å². The van der Waals surface area contributed by atoms with Crippen molar-refractivity contribution in [3.05, 3.63) is 18.2 Å². The van der Waals surface area contributed by atoms with Crippen LogP contribution in [0.4, 0.5) is 0 Å². The number of carbonyl (C=O) groups is 1. The fourth-order valence-corrected chi connectivity index (χ4v) is 2.08. The molecular formula is C13H23N3O2. The van der Waals surface area contributed by atoms with Gasteiger partial charge in [0, 0.05) is 19.3 Å². The van der Waals surface area contributed by atoms with Crippen molar-refractivity contribution < 1.29 is 9.90 Å². The third-order valence-corrected chi connectivity index (χ3v) is 3.49. The number of hydrogen-bond acceptors (Lipinski definition) is 3. The monoisotopic (exact) mass is 253 g/mol. The fourth-order valence-electron chi connectivity index (χ4n) is 2.08. The van der Waals surface area contributed by atoms with Crippen molar-refractivity contribution in [2.45, 2.75) is 58.7 Å². The molecule has 18 heavy (non-hydrogen) atoms. The van der Waals surface area contributed by atoms with E-state index in [1.807, 2.05) is 13.8 Å². The second kappa shape index (κ2) is 6.54. The minimum atomic E-state index is -0.832. The maximum absolute atomic E-state index is 11.4. The van der Waals surface area contributed by atoms with Gasteiger partial charge in [0.2, 0.25) is 0 Å². The van der Waals surface area contributed by atoms with Crippen LogP contribution in [0.5, 0.6) is 0 Å². The summed E-state index contributed by atoms with van der Waals surface area (Å²) in [6.07, 6.45) is 5.76. The van der Waals surface area contributed by atoms with Crippen LogP contribution >= 0.6 is 0 Å². The highest BCUT2D eigenvalue weighted by atomic mass is 16.4. The summed E-state index contributed by atoms with van der Waals surface area (Å²) in [5.74, 6) is -0.783. The fraction of sp³-hybridized carbons (Fsp3) is 0.692. The highest BCUT2D eigenvalue weighted by Crippen LogP contribution is 2.16. The quantitative estimate of drug-likeness (QED) is 0.744. The van der Waals surface area contributed by atoms with Crippen LogP contribution in [0, 0.1) is 0 Å². The molecule has 0 aliphatic rings. The van der Waals surface area contributed by atoms with Crippen molar-refractivity contribution in [1.82, 2.24) is 14.9 Å². The van der Waals surface area contributed by atoms with Crippen LogP contribution < -0.4 is 5.32 Å². The zero-order valence-corrected chi connectivity index (χ0v) is 11.4. The lowest BCUT2D eigenvalue weighted by Crippen LogP contribution is -2.50. The highest BCUT2D eigenvalue weighted by molar-refractivity contribution is 5.78. The molecule has 0 radical (unpaired) electrons. The van der Waals surface area contributed by atoms with Gasteiger partial charge in [-0.05, 0) is 19.3 Å². The Morgan fingerprint density at radius 1 is 1.44 bits per heavy atom. The number of carboxylic acids is 1. The standard InChI is InChI=1S/C13H23N3O2/c1-4-7-16-10-14-8-11(16)9-15-13(5-2,6-3)12(17)18/h8,10,15H,4-7,9H2,1-3H3,(H,17,18). The molecule has 5 heteroatoms. The van der Waals surface area contributed by atoms with E-state index < -0.39 is 11.5 Å². The van der Waals surface area contributed by atoms with Gasteiger partial charge >= 0.3 is 5.97 Å². The molecule has 0 bridgehead atoms. The van der Waals surface area contributed by atoms with Gasteiger partial charge in [0.05, 0.1) is 12.0 Å². The third kappa shape index (κ3) is 3.10. The molecule has 0 spiro atoms. The molecule has 0 unspecified atom stereocenters. The number of aliphatic carboxylic acids is 1. The van der Waals surface area contributed by atoms with Gasteiger partial charge in [-0.3, -0.25) is 10.1 Å². The maximum Gasteiger partial charge on any atom is 0.323 e. The van der Waals surface area contributed by atoms with Crippen molar-refractivity contribution in [2.24, 2.45) is 0 Å². The molecule has 1 heterocycles. The average Bonchev–Trinajstić information content (AvgIpc) is 2.79.